The minimum atomic E-state index is 0.314. The zero-order valence-electron chi connectivity index (χ0n) is 10.5. The first kappa shape index (κ1) is 10.5. The van der Waals surface area contributed by atoms with E-state index in [4.69, 9.17) is 4.74 Å². The van der Waals surface area contributed by atoms with Gasteiger partial charge in [-0.15, -0.1) is 0 Å². The van der Waals surface area contributed by atoms with Crippen LogP contribution >= 0.6 is 0 Å². The standard InChI is InChI=1S/C13H24O/c1-11(2,3)10-9-7-13(9,8-14-10)12(4,5)6/h9-10H,7-8H2,1-6H3. The second-order valence-corrected chi connectivity index (χ2v) is 7.31. The van der Waals surface area contributed by atoms with E-state index in [-0.39, 0.29) is 0 Å². The van der Waals surface area contributed by atoms with Gasteiger partial charge in [0.25, 0.3) is 0 Å². The maximum atomic E-state index is 6.01. The van der Waals surface area contributed by atoms with E-state index in [1.165, 1.54) is 6.42 Å². The second kappa shape index (κ2) is 2.55. The van der Waals surface area contributed by atoms with Gasteiger partial charge in [-0.05, 0) is 23.2 Å². The first-order chi connectivity index (χ1) is 6.18. The van der Waals surface area contributed by atoms with Gasteiger partial charge in [0.1, 0.15) is 0 Å². The highest BCUT2D eigenvalue weighted by Gasteiger charge is 2.69. The van der Waals surface area contributed by atoms with Crippen molar-refractivity contribution in [2.45, 2.75) is 54.1 Å². The van der Waals surface area contributed by atoms with Crippen LogP contribution in [0.2, 0.25) is 0 Å². The maximum absolute atomic E-state index is 6.01. The summed E-state index contributed by atoms with van der Waals surface area (Å²) in [5.41, 5.74) is 1.23. The topological polar surface area (TPSA) is 9.23 Å². The Morgan fingerprint density at radius 3 is 1.86 bits per heavy atom. The monoisotopic (exact) mass is 196 g/mol. The summed E-state index contributed by atoms with van der Waals surface area (Å²) in [7, 11) is 0. The lowest BCUT2D eigenvalue weighted by atomic mass is 9.75. The molecule has 0 N–H and O–H groups in total. The van der Waals surface area contributed by atoms with E-state index in [9.17, 15) is 0 Å². The van der Waals surface area contributed by atoms with Crippen LogP contribution in [0.25, 0.3) is 0 Å². The van der Waals surface area contributed by atoms with Crippen LogP contribution in [0.15, 0.2) is 0 Å². The molecule has 1 heteroatoms. The lowest BCUT2D eigenvalue weighted by Gasteiger charge is -2.28. The summed E-state index contributed by atoms with van der Waals surface area (Å²) in [5.74, 6) is 0.822. The summed E-state index contributed by atoms with van der Waals surface area (Å²) >= 11 is 0. The second-order valence-electron chi connectivity index (χ2n) is 7.31. The van der Waals surface area contributed by atoms with Crippen molar-refractivity contribution in [3.8, 4) is 0 Å². The molecule has 1 aliphatic carbocycles. The average Bonchev–Trinajstić information content (AvgIpc) is 2.54. The molecule has 3 atom stereocenters. The summed E-state index contributed by atoms with van der Waals surface area (Å²) in [6.07, 6.45) is 1.88. The highest BCUT2D eigenvalue weighted by atomic mass is 16.5. The number of rotatable bonds is 0. The Morgan fingerprint density at radius 1 is 1.07 bits per heavy atom. The van der Waals surface area contributed by atoms with Crippen molar-refractivity contribution in [1.29, 1.82) is 0 Å². The van der Waals surface area contributed by atoms with E-state index in [0.29, 0.717) is 22.3 Å². The van der Waals surface area contributed by atoms with E-state index in [2.05, 4.69) is 41.5 Å². The molecule has 0 spiro atoms. The van der Waals surface area contributed by atoms with Crippen molar-refractivity contribution in [1.82, 2.24) is 0 Å². The molecule has 1 saturated heterocycles. The van der Waals surface area contributed by atoms with Crippen LogP contribution in [0, 0.1) is 22.2 Å². The van der Waals surface area contributed by atoms with Gasteiger partial charge in [0.05, 0.1) is 12.7 Å². The van der Waals surface area contributed by atoms with E-state index in [1.807, 2.05) is 0 Å². The van der Waals surface area contributed by atoms with Crippen molar-refractivity contribution in [3.05, 3.63) is 0 Å². The largest absolute Gasteiger partial charge is 0.377 e. The third-order valence-corrected chi connectivity index (χ3v) is 4.37. The van der Waals surface area contributed by atoms with Crippen LogP contribution in [0.5, 0.6) is 0 Å². The summed E-state index contributed by atoms with van der Waals surface area (Å²) in [4.78, 5) is 0. The molecule has 1 aliphatic heterocycles. The van der Waals surface area contributed by atoms with Crippen molar-refractivity contribution < 1.29 is 4.74 Å². The Bertz CT molecular complexity index is 243. The number of hydrogen-bond acceptors (Lipinski definition) is 1. The van der Waals surface area contributed by atoms with E-state index in [1.54, 1.807) is 0 Å². The van der Waals surface area contributed by atoms with Crippen LogP contribution < -0.4 is 0 Å². The Kier molecular flexibility index (Phi) is 1.91. The van der Waals surface area contributed by atoms with Gasteiger partial charge < -0.3 is 4.74 Å². The first-order valence-electron chi connectivity index (χ1n) is 5.80. The average molecular weight is 196 g/mol. The molecular formula is C13H24O. The molecule has 2 rings (SSSR count). The Morgan fingerprint density at radius 2 is 1.64 bits per heavy atom. The van der Waals surface area contributed by atoms with Crippen LogP contribution in [-0.2, 0) is 4.74 Å². The van der Waals surface area contributed by atoms with Crippen LogP contribution in [0.1, 0.15) is 48.0 Å². The maximum Gasteiger partial charge on any atom is 0.0658 e. The van der Waals surface area contributed by atoms with Gasteiger partial charge >= 0.3 is 0 Å². The lowest BCUT2D eigenvalue weighted by Crippen LogP contribution is -2.28. The van der Waals surface area contributed by atoms with Gasteiger partial charge in [-0.25, -0.2) is 0 Å². The molecule has 0 radical (unpaired) electrons. The zero-order chi connectivity index (χ0) is 10.8. The fraction of sp³-hybridized carbons (Fsp3) is 1.00. The molecule has 3 unspecified atom stereocenters. The fourth-order valence-electron chi connectivity index (χ4n) is 3.18. The first-order valence-corrected chi connectivity index (χ1v) is 5.80. The van der Waals surface area contributed by atoms with Gasteiger partial charge in [-0.2, -0.15) is 0 Å². The van der Waals surface area contributed by atoms with Crippen LogP contribution in [0.3, 0.4) is 0 Å². The predicted octanol–water partition coefficient (Wildman–Crippen LogP) is 3.48. The smallest absolute Gasteiger partial charge is 0.0658 e. The molecule has 82 valence electrons. The van der Waals surface area contributed by atoms with E-state index in [0.717, 1.165) is 12.5 Å². The van der Waals surface area contributed by atoms with E-state index >= 15 is 0 Å². The predicted molar refractivity (Wildman–Crippen MR) is 59.2 cm³/mol. The number of fused-ring (bicyclic) bond motifs is 1. The van der Waals surface area contributed by atoms with Crippen molar-refractivity contribution in [3.63, 3.8) is 0 Å². The van der Waals surface area contributed by atoms with Crippen LogP contribution in [-0.4, -0.2) is 12.7 Å². The highest BCUT2D eigenvalue weighted by Crippen LogP contribution is 2.70. The Labute approximate surface area is 88.2 Å². The molecule has 1 nitrogen and oxygen atoms in total. The summed E-state index contributed by atoms with van der Waals surface area (Å²) in [6, 6.07) is 0. The molecule has 14 heavy (non-hydrogen) atoms. The van der Waals surface area contributed by atoms with Gasteiger partial charge in [-0.3, -0.25) is 0 Å². The Hall–Kier alpha value is -0.0400. The normalized spacial score (nSPS) is 42.4. The van der Waals surface area contributed by atoms with Gasteiger partial charge in [0.15, 0.2) is 0 Å². The zero-order valence-corrected chi connectivity index (χ0v) is 10.5. The van der Waals surface area contributed by atoms with Crippen molar-refractivity contribution in [2.75, 3.05) is 6.61 Å². The van der Waals surface area contributed by atoms with E-state index < -0.39 is 0 Å². The third kappa shape index (κ3) is 1.25. The summed E-state index contributed by atoms with van der Waals surface area (Å²) < 4.78 is 6.01. The SMILES string of the molecule is CC(C)(C)C1OCC2(C(C)(C)C)CC12. The summed E-state index contributed by atoms with van der Waals surface area (Å²) in [6.45, 7) is 15.0. The lowest BCUT2D eigenvalue weighted by molar-refractivity contribution is -0.00684. The Balaban J connectivity index is 2.15. The van der Waals surface area contributed by atoms with Crippen LogP contribution in [0.4, 0.5) is 0 Å². The summed E-state index contributed by atoms with van der Waals surface area (Å²) in [5, 5.41) is 0. The third-order valence-electron chi connectivity index (χ3n) is 4.37. The molecule has 1 heterocycles. The minimum absolute atomic E-state index is 0.314. The molecule has 1 saturated carbocycles. The number of hydrogen-bond donors (Lipinski definition) is 0. The molecule has 0 amide bonds. The number of ether oxygens (including phenoxy) is 1. The van der Waals surface area contributed by atoms with Gasteiger partial charge in [-0.1, -0.05) is 41.5 Å². The molecule has 0 bridgehead atoms. The molecule has 0 aromatic carbocycles. The highest BCUT2D eigenvalue weighted by molar-refractivity contribution is 5.16. The van der Waals surface area contributed by atoms with Gasteiger partial charge in [0, 0.05) is 5.41 Å². The van der Waals surface area contributed by atoms with Crippen molar-refractivity contribution in [2.24, 2.45) is 22.2 Å². The van der Waals surface area contributed by atoms with Crippen molar-refractivity contribution >= 4 is 0 Å². The minimum Gasteiger partial charge on any atom is -0.377 e. The molecule has 2 fully saturated rings. The molecule has 2 aliphatic rings. The molecular weight excluding hydrogens is 172 g/mol. The molecule has 0 aromatic rings. The quantitative estimate of drug-likeness (QED) is 0.576. The van der Waals surface area contributed by atoms with Gasteiger partial charge in [0.2, 0.25) is 0 Å². The fourth-order valence-corrected chi connectivity index (χ4v) is 3.18. The molecule has 0 aromatic heterocycles.